The fourth-order valence-corrected chi connectivity index (χ4v) is 1.71. The highest BCUT2D eigenvalue weighted by Crippen LogP contribution is 2.15. The molecule has 16 heavy (non-hydrogen) atoms. The van der Waals surface area contributed by atoms with Crippen LogP contribution in [0.25, 0.3) is 0 Å². The molecule has 0 aliphatic carbocycles. The van der Waals surface area contributed by atoms with Crippen LogP contribution in [0.4, 0.5) is 0 Å². The number of nitrogens with two attached hydrogens (primary N) is 1. The summed E-state index contributed by atoms with van der Waals surface area (Å²) in [7, 11) is 3.60. The van der Waals surface area contributed by atoms with Crippen molar-refractivity contribution in [3.63, 3.8) is 0 Å². The van der Waals surface area contributed by atoms with Gasteiger partial charge < -0.3 is 10.6 Å². The van der Waals surface area contributed by atoms with Crippen molar-refractivity contribution in [3.05, 3.63) is 0 Å². The van der Waals surface area contributed by atoms with E-state index >= 15 is 0 Å². The lowest BCUT2D eigenvalue weighted by Crippen LogP contribution is -2.42. The zero-order valence-electron chi connectivity index (χ0n) is 11.2. The lowest BCUT2D eigenvalue weighted by molar-refractivity contribution is -0.130. The van der Waals surface area contributed by atoms with E-state index in [0.717, 1.165) is 32.5 Å². The van der Waals surface area contributed by atoms with Crippen LogP contribution in [0.1, 0.15) is 26.7 Å². The van der Waals surface area contributed by atoms with E-state index in [1.54, 1.807) is 19.0 Å². The fraction of sp³-hybridized carbons (Fsp3) is 0.917. The van der Waals surface area contributed by atoms with Crippen molar-refractivity contribution in [2.75, 3.05) is 40.3 Å². The predicted octanol–water partition coefficient (Wildman–Crippen LogP) is 0.772. The Morgan fingerprint density at radius 2 is 1.81 bits per heavy atom. The fourth-order valence-electron chi connectivity index (χ4n) is 1.71. The van der Waals surface area contributed by atoms with E-state index in [4.69, 9.17) is 5.73 Å². The quantitative estimate of drug-likeness (QED) is 0.778. The number of hydrogen-bond donors (Lipinski definition) is 1. The van der Waals surface area contributed by atoms with E-state index in [9.17, 15) is 4.79 Å². The first kappa shape index (κ1) is 15.4. The second-order valence-corrected chi connectivity index (χ2v) is 4.24. The number of carbonyl (C=O) groups excluding carboxylic acids is 1. The molecule has 4 nitrogen and oxygen atoms in total. The Bertz CT molecular complexity index is 187. The summed E-state index contributed by atoms with van der Waals surface area (Å²) < 4.78 is 0. The van der Waals surface area contributed by atoms with E-state index in [1.165, 1.54) is 0 Å². The average Bonchev–Trinajstić information content (AvgIpc) is 2.32. The van der Waals surface area contributed by atoms with E-state index in [2.05, 4.69) is 4.90 Å². The average molecular weight is 229 g/mol. The number of likely N-dealkylation sites (tertiary alicyclic amines) is 1. The van der Waals surface area contributed by atoms with Gasteiger partial charge in [-0.05, 0) is 38.4 Å². The standard InChI is InChI=1S/C10H21N3O.C2H6/c1-12(2)10(14)8-13-5-3-9(7-11)4-6-13;1-2/h9H,3-8,11H2,1-2H3;1-2H3. The van der Waals surface area contributed by atoms with Crippen LogP contribution in [0, 0.1) is 5.92 Å². The Hall–Kier alpha value is -0.610. The molecule has 0 radical (unpaired) electrons. The van der Waals surface area contributed by atoms with Crippen LogP contribution < -0.4 is 5.73 Å². The van der Waals surface area contributed by atoms with Gasteiger partial charge in [-0.3, -0.25) is 9.69 Å². The molecule has 0 atom stereocenters. The lowest BCUT2D eigenvalue weighted by atomic mass is 9.97. The molecule has 96 valence electrons. The van der Waals surface area contributed by atoms with Crippen LogP contribution in [0.5, 0.6) is 0 Å². The van der Waals surface area contributed by atoms with Gasteiger partial charge in [0.1, 0.15) is 0 Å². The first-order chi connectivity index (χ1) is 7.63. The lowest BCUT2D eigenvalue weighted by Gasteiger charge is -2.31. The molecule has 1 aliphatic heterocycles. The molecule has 1 rings (SSSR count). The van der Waals surface area contributed by atoms with Crippen molar-refractivity contribution in [3.8, 4) is 0 Å². The van der Waals surface area contributed by atoms with Gasteiger partial charge in [0.25, 0.3) is 0 Å². The Morgan fingerprint density at radius 1 is 1.31 bits per heavy atom. The molecule has 0 saturated carbocycles. The minimum atomic E-state index is 0.191. The third kappa shape index (κ3) is 5.47. The highest BCUT2D eigenvalue weighted by atomic mass is 16.2. The maximum absolute atomic E-state index is 11.4. The van der Waals surface area contributed by atoms with Crippen molar-refractivity contribution in [2.24, 2.45) is 11.7 Å². The summed E-state index contributed by atoms with van der Waals surface area (Å²) in [4.78, 5) is 15.3. The molecule has 0 aromatic rings. The molecule has 0 bridgehead atoms. The molecule has 1 amide bonds. The first-order valence-corrected chi connectivity index (χ1v) is 6.26. The van der Waals surface area contributed by atoms with Crippen molar-refractivity contribution in [1.82, 2.24) is 9.80 Å². The SMILES string of the molecule is CC.CN(C)C(=O)CN1CCC(CN)CC1. The molecule has 4 heteroatoms. The van der Waals surface area contributed by atoms with Gasteiger partial charge in [-0.1, -0.05) is 13.8 Å². The molecule has 2 N–H and O–H groups in total. The monoisotopic (exact) mass is 229 g/mol. The van der Waals surface area contributed by atoms with Gasteiger partial charge in [-0.2, -0.15) is 0 Å². The van der Waals surface area contributed by atoms with Gasteiger partial charge in [0, 0.05) is 14.1 Å². The molecule has 0 unspecified atom stereocenters. The van der Waals surface area contributed by atoms with Crippen LogP contribution in [0.3, 0.4) is 0 Å². The number of likely N-dealkylation sites (N-methyl/N-ethyl adjacent to an activating group) is 1. The highest BCUT2D eigenvalue weighted by Gasteiger charge is 2.19. The van der Waals surface area contributed by atoms with Crippen molar-refractivity contribution >= 4 is 5.91 Å². The predicted molar refractivity (Wildman–Crippen MR) is 68.3 cm³/mol. The molecule has 1 saturated heterocycles. The first-order valence-electron chi connectivity index (χ1n) is 6.26. The van der Waals surface area contributed by atoms with Crippen LogP contribution in [0.15, 0.2) is 0 Å². The Kier molecular flexibility index (Phi) is 8.21. The van der Waals surface area contributed by atoms with Crippen molar-refractivity contribution in [1.29, 1.82) is 0 Å². The number of nitrogens with zero attached hydrogens (tertiary/aromatic N) is 2. The number of hydrogen-bond acceptors (Lipinski definition) is 3. The Balaban J connectivity index is 0.00000106. The summed E-state index contributed by atoms with van der Waals surface area (Å²) in [6, 6.07) is 0. The van der Waals surface area contributed by atoms with Crippen molar-refractivity contribution < 1.29 is 4.79 Å². The third-order valence-corrected chi connectivity index (χ3v) is 2.90. The molecule has 1 aliphatic rings. The molecule has 0 aromatic carbocycles. The molecular formula is C12H27N3O. The normalized spacial score (nSPS) is 17.6. The molecule has 0 spiro atoms. The number of carbonyl (C=O) groups is 1. The highest BCUT2D eigenvalue weighted by molar-refractivity contribution is 5.77. The van der Waals surface area contributed by atoms with Gasteiger partial charge in [-0.15, -0.1) is 0 Å². The van der Waals surface area contributed by atoms with E-state index in [0.29, 0.717) is 12.5 Å². The van der Waals surface area contributed by atoms with Gasteiger partial charge in [-0.25, -0.2) is 0 Å². The minimum Gasteiger partial charge on any atom is -0.348 e. The second-order valence-electron chi connectivity index (χ2n) is 4.24. The van der Waals surface area contributed by atoms with Crippen LogP contribution in [-0.2, 0) is 4.79 Å². The van der Waals surface area contributed by atoms with Gasteiger partial charge in [0.2, 0.25) is 5.91 Å². The van der Waals surface area contributed by atoms with Crippen LogP contribution >= 0.6 is 0 Å². The van der Waals surface area contributed by atoms with Crippen LogP contribution in [0.2, 0.25) is 0 Å². The summed E-state index contributed by atoms with van der Waals surface area (Å²) in [6.07, 6.45) is 2.27. The van der Waals surface area contributed by atoms with E-state index in [1.807, 2.05) is 13.8 Å². The van der Waals surface area contributed by atoms with Crippen LogP contribution in [-0.4, -0.2) is 56.0 Å². The molecule has 1 heterocycles. The third-order valence-electron chi connectivity index (χ3n) is 2.90. The topological polar surface area (TPSA) is 49.6 Å². The summed E-state index contributed by atoms with van der Waals surface area (Å²) >= 11 is 0. The second kappa shape index (κ2) is 8.53. The summed E-state index contributed by atoms with van der Waals surface area (Å²) in [5.41, 5.74) is 5.60. The molecule has 0 aromatic heterocycles. The van der Waals surface area contributed by atoms with Crippen molar-refractivity contribution in [2.45, 2.75) is 26.7 Å². The zero-order chi connectivity index (χ0) is 12.6. The van der Waals surface area contributed by atoms with Gasteiger partial charge in [0.15, 0.2) is 0 Å². The zero-order valence-corrected chi connectivity index (χ0v) is 11.2. The number of piperidine rings is 1. The summed E-state index contributed by atoms with van der Waals surface area (Å²) in [6.45, 7) is 7.38. The maximum Gasteiger partial charge on any atom is 0.236 e. The Labute approximate surface area is 99.8 Å². The summed E-state index contributed by atoms with van der Waals surface area (Å²) in [5, 5.41) is 0. The largest absolute Gasteiger partial charge is 0.348 e. The number of rotatable bonds is 3. The smallest absolute Gasteiger partial charge is 0.236 e. The molecule has 1 fully saturated rings. The van der Waals surface area contributed by atoms with Gasteiger partial charge in [0.05, 0.1) is 6.54 Å². The molecular weight excluding hydrogens is 202 g/mol. The maximum atomic E-state index is 11.4. The minimum absolute atomic E-state index is 0.191. The van der Waals surface area contributed by atoms with E-state index in [-0.39, 0.29) is 5.91 Å². The summed E-state index contributed by atoms with van der Waals surface area (Å²) in [5.74, 6) is 0.858. The Morgan fingerprint density at radius 3 is 2.19 bits per heavy atom. The van der Waals surface area contributed by atoms with Gasteiger partial charge >= 0.3 is 0 Å². The van der Waals surface area contributed by atoms with E-state index < -0.39 is 0 Å². The number of amides is 1.